The van der Waals surface area contributed by atoms with Gasteiger partial charge in [-0.05, 0) is 36.6 Å². The minimum absolute atomic E-state index is 0.641. The summed E-state index contributed by atoms with van der Waals surface area (Å²) in [5.74, 6) is 1.80. The van der Waals surface area contributed by atoms with Gasteiger partial charge in [0.1, 0.15) is 0 Å². The van der Waals surface area contributed by atoms with Crippen LogP contribution < -0.4 is 5.73 Å². The summed E-state index contributed by atoms with van der Waals surface area (Å²) in [6.07, 6.45) is 1.08. The molecule has 0 fully saturated rings. The Hall–Kier alpha value is -0.180. The van der Waals surface area contributed by atoms with Crippen molar-refractivity contribution >= 4 is 23.4 Å². The van der Waals surface area contributed by atoms with E-state index >= 15 is 0 Å². The van der Waals surface area contributed by atoms with Crippen molar-refractivity contribution in [2.45, 2.75) is 17.2 Å². The molecule has 0 bridgehead atoms. The first kappa shape index (κ1) is 9.38. The molecule has 1 aliphatic heterocycles. The third kappa shape index (κ3) is 1.85. The molecule has 13 heavy (non-hydrogen) atoms. The third-order valence-electron chi connectivity index (χ3n) is 2.37. The molecule has 0 aliphatic carbocycles. The summed E-state index contributed by atoms with van der Waals surface area (Å²) in [6.45, 7) is 0.771. The van der Waals surface area contributed by atoms with E-state index in [1.165, 1.54) is 10.5 Å². The smallest absolute Gasteiger partial charge is 0.0417 e. The van der Waals surface area contributed by atoms with Gasteiger partial charge in [-0.25, -0.2) is 0 Å². The molecule has 0 saturated heterocycles. The van der Waals surface area contributed by atoms with Gasteiger partial charge in [-0.15, -0.1) is 11.8 Å². The second kappa shape index (κ2) is 3.91. The SMILES string of the molecule is NCCC1CSc2cc(Cl)ccc21. The molecule has 1 heterocycles. The maximum Gasteiger partial charge on any atom is 0.0417 e. The van der Waals surface area contributed by atoms with E-state index in [1.807, 2.05) is 17.8 Å². The molecule has 1 aromatic rings. The zero-order valence-corrected chi connectivity index (χ0v) is 8.87. The van der Waals surface area contributed by atoms with Gasteiger partial charge in [-0.2, -0.15) is 0 Å². The van der Waals surface area contributed by atoms with Crippen LogP contribution in [-0.4, -0.2) is 12.3 Å². The summed E-state index contributed by atoms with van der Waals surface area (Å²) in [4.78, 5) is 1.34. The van der Waals surface area contributed by atoms with Crippen LogP contribution in [0, 0.1) is 0 Å². The van der Waals surface area contributed by atoms with E-state index in [4.69, 9.17) is 17.3 Å². The van der Waals surface area contributed by atoms with Gasteiger partial charge in [0.25, 0.3) is 0 Å². The first-order chi connectivity index (χ1) is 6.31. The largest absolute Gasteiger partial charge is 0.330 e. The zero-order valence-electron chi connectivity index (χ0n) is 7.29. The van der Waals surface area contributed by atoms with Crippen molar-refractivity contribution < 1.29 is 0 Å². The Balaban J connectivity index is 2.27. The molecular formula is C10H12ClNS. The summed E-state index contributed by atoms with van der Waals surface area (Å²) < 4.78 is 0. The van der Waals surface area contributed by atoms with Gasteiger partial charge in [0.05, 0.1) is 0 Å². The van der Waals surface area contributed by atoms with Gasteiger partial charge >= 0.3 is 0 Å². The van der Waals surface area contributed by atoms with Crippen molar-refractivity contribution in [3.63, 3.8) is 0 Å². The second-order valence-electron chi connectivity index (χ2n) is 3.27. The lowest BCUT2D eigenvalue weighted by Gasteiger charge is -2.07. The van der Waals surface area contributed by atoms with Crippen LogP contribution in [0.2, 0.25) is 5.02 Å². The predicted molar refractivity (Wildman–Crippen MR) is 58.6 cm³/mol. The molecular weight excluding hydrogens is 202 g/mol. The van der Waals surface area contributed by atoms with Gasteiger partial charge in [-0.3, -0.25) is 0 Å². The van der Waals surface area contributed by atoms with Crippen LogP contribution in [0.3, 0.4) is 0 Å². The quantitative estimate of drug-likeness (QED) is 0.818. The van der Waals surface area contributed by atoms with E-state index in [0.29, 0.717) is 5.92 Å². The van der Waals surface area contributed by atoms with Crippen molar-refractivity contribution in [3.8, 4) is 0 Å². The van der Waals surface area contributed by atoms with Crippen LogP contribution in [-0.2, 0) is 0 Å². The second-order valence-corrected chi connectivity index (χ2v) is 4.77. The van der Waals surface area contributed by atoms with E-state index in [0.717, 1.165) is 23.7 Å². The minimum atomic E-state index is 0.641. The summed E-state index contributed by atoms with van der Waals surface area (Å²) in [7, 11) is 0. The van der Waals surface area contributed by atoms with Crippen molar-refractivity contribution in [3.05, 3.63) is 28.8 Å². The summed E-state index contributed by atoms with van der Waals surface area (Å²) in [6, 6.07) is 6.16. The van der Waals surface area contributed by atoms with E-state index in [-0.39, 0.29) is 0 Å². The number of fused-ring (bicyclic) bond motifs is 1. The van der Waals surface area contributed by atoms with Crippen LogP contribution >= 0.6 is 23.4 Å². The maximum atomic E-state index is 5.91. The van der Waals surface area contributed by atoms with E-state index in [2.05, 4.69) is 12.1 Å². The lowest BCUT2D eigenvalue weighted by atomic mass is 9.98. The average Bonchev–Trinajstić information content (AvgIpc) is 2.49. The highest BCUT2D eigenvalue weighted by Gasteiger charge is 2.22. The molecule has 1 aromatic carbocycles. The fourth-order valence-electron chi connectivity index (χ4n) is 1.69. The normalized spacial score (nSPS) is 20.3. The Bertz CT molecular complexity index is 314. The minimum Gasteiger partial charge on any atom is -0.330 e. The molecule has 70 valence electrons. The number of hydrogen-bond donors (Lipinski definition) is 1. The zero-order chi connectivity index (χ0) is 9.26. The van der Waals surface area contributed by atoms with Crippen LogP contribution in [0.1, 0.15) is 17.9 Å². The van der Waals surface area contributed by atoms with Crippen LogP contribution in [0.5, 0.6) is 0 Å². The highest BCUT2D eigenvalue weighted by molar-refractivity contribution is 7.99. The van der Waals surface area contributed by atoms with Crippen LogP contribution in [0.15, 0.2) is 23.1 Å². The molecule has 0 saturated carbocycles. The molecule has 1 atom stereocenters. The number of rotatable bonds is 2. The predicted octanol–water partition coefficient (Wildman–Crippen LogP) is 2.88. The van der Waals surface area contributed by atoms with Gasteiger partial charge in [-0.1, -0.05) is 17.7 Å². The van der Waals surface area contributed by atoms with E-state index in [9.17, 15) is 0 Å². The molecule has 0 radical (unpaired) electrons. The molecule has 2 N–H and O–H groups in total. The van der Waals surface area contributed by atoms with Gasteiger partial charge < -0.3 is 5.73 Å². The highest BCUT2D eigenvalue weighted by Crippen LogP contribution is 2.41. The lowest BCUT2D eigenvalue weighted by Crippen LogP contribution is -2.06. The number of halogens is 1. The van der Waals surface area contributed by atoms with Crippen molar-refractivity contribution in [2.75, 3.05) is 12.3 Å². The maximum absolute atomic E-state index is 5.91. The summed E-state index contributed by atoms with van der Waals surface area (Å²) in [5.41, 5.74) is 6.99. The van der Waals surface area contributed by atoms with Crippen LogP contribution in [0.4, 0.5) is 0 Å². The number of hydrogen-bond acceptors (Lipinski definition) is 2. The Morgan fingerprint density at radius 2 is 2.38 bits per heavy atom. The Morgan fingerprint density at radius 3 is 3.15 bits per heavy atom. The fourth-order valence-corrected chi connectivity index (χ4v) is 3.27. The standard InChI is InChI=1S/C10H12ClNS/c11-8-1-2-9-7(3-4-12)6-13-10(9)5-8/h1-2,5,7H,3-4,6,12H2. The molecule has 0 aromatic heterocycles. The monoisotopic (exact) mass is 213 g/mol. The van der Waals surface area contributed by atoms with E-state index < -0.39 is 0 Å². The Kier molecular flexibility index (Phi) is 2.82. The van der Waals surface area contributed by atoms with Crippen molar-refractivity contribution in [2.24, 2.45) is 5.73 Å². The first-order valence-corrected chi connectivity index (χ1v) is 5.80. The topological polar surface area (TPSA) is 26.0 Å². The van der Waals surface area contributed by atoms with Crippen LogP contribution in [0.25, 0.3) is 0 Å². The molecule has 0 spiro atoms. The third-order valence-corrected chi connectivity index (χ3v) is 3.84. The van der Waals surface area contributed by atoms with Crippen molar-refractivity contribution in [1.82, 2.24) is 0 Å². The molecule has 3 heteroatoms. The molecule has 1 nitrogen and oxygen atoms in total. The van der Waals surface area contributed by atoms with Crippen molar-refractivity contribution in [1.29, 1.82) is 0 Å². The average molecular weight is 214 g/mol. The number of nitrogens with two attached hydrogens (primary N) is 1. The fraction of sp³-hybridized carbons (Fsp3) is 0.400. The first-order valence-electron chi connectivity index (χ1n) is 4.43. The number of benzene rings is 1. The Labute approximate surface area is 87.7 Å². The number of thioether (sulfide) groups is 1. The molecule has 2 rings (SSSR count). The molecule has 0 amide bonds. The van der Waals surface area contributed by atoms with Gasteiger partial charge in [0.2, 0.25) is 0 Å². The summed E-state index contributed by atoms with van der Waals surface area (Å²) in [5, 5.41) is 0.833. The van der Waals surface area contributed by atoms with Gasteiger partial charge in [0, 0.05) is 15.7 Å². The van der Waals surface area contributed by atoms with Gasteiger partial charge in [0.15, 0.2) is 0 Å². The molecule has 1 aliphatic rings. The highest BCUT2D eigenvalue weighted by atomic mass is 35.5. The molecule has 1 unspecified atom stereocenters. The lowest BCUT2D eigenvalue weighted by molar-refractivity contribution is 0.701. The van der Waals surface area contributed by atoms with E-state index in [1.54, 1.807) is 0 Å². The Morgan fingerprint density at radius 1 is 1.54 bits per heavy atom. The summed E-state index contributed by atoms with van der Waals surface area (Å²) >= 11 is 7.80.